The van der Waals surface area contributed by atoms with Crippen molar-refractivity contribution >= 4 is 40.8 Å². The molecule has 2 aromatic carbocycles. The number of halogens is 1. The van der Waals surface area contributed by atoms with E-state index >= 15 is 0 Å². The first-order chi connectivity index (χ1) is 13.1. The Balaban J connectivity index is 1.56. The highest BCUT2D eigenvalue weighted by molar-refractivity contribution is 7.80. The molecule has 0 amide bonds. The lowest BCUT2D eigenvalue weighted by atomic mass is 10.2. The Hall–Kier alpha value is -2.83. The normalized spacial score (nSPS) is 10.7. The molecule has 0 atom stereocenters. The lowest BCUT2D eigenvalue weighted by Gasteiger charge is -2.08. The van der Waals surface area contributed by atoms with E-state index in [2.05, 4.69) is 20.4 Å². The summed E-state index contributed by atoms with van der Waals surface area (Å²) in [4.78, 5) is 0. The zero-order valence-corrected chi connectivity index (χ0v) is 16.3. The largest absolute Gasteiger partial charge is 0.497 e. The molecule has 1 heterocycles. The van der Waals surface area contributed by atoms with Gasteiger partial charge in [0.2, 0.25) is 0 Å². The van der Waals surface area contributed by atoms with Gasteiger partial charge in [0, 0.05) is 23.5 Å². The number of nitrogens with one attached hydrogen (secondary N) is 2. The van der Waals surface area contributed by atoms with Crippen molar-refractivity contribution in [3.8, 4) is 5.75 Å². The van der Waals surface area contributed by atoms with Crippen LogP contribution >= 0.6 is 23.8 Å². The first-order valence-electron chi connectivity index (χ1n) is 8.28. The van der Waals surface area contributed by atoms with Crippen molar-refractivity contribution in [3.05, 3.63) is 83.1 Å². The lowest BCUT2D eigenvalue weighted by molar-refractivity contribution is 0.415. The van der Waals surface area contributed by atoms with E-state index in [0.29, 0.717) is 11.7 Å². The number of rotatable bonds is 6. The van der Waals surface area contributed by atoms with E-state index in [1.54, 1.807) is 13.3 Å². The van der Waals surface area contributed by atoms with Crippen molar-refractivity contribution in [2.24, 2.45) is 5.10 Å². The molecule has 0 bridgehead atoms. The summed E-state index contributed by atoms with van der Waals surface area (Å²) in [5.74, 6) is 0.790. The van der Waals surface area contributed by atoms with E-state index in [9.17, 15) is 0 Å². The van der Waals surface area contributed by atoms with Crippen molar-refractivity contribution in [1.29, 1.82) is 0 Å². The van der Waals surface area contributed by atoms with Gasteiger partial charge in [-0.25, -0.2) is 0 Å². The quantitative estimate of drug-likeness (QED) is 0.364. The van der Waals surface area contributed by atoms with Crippen LogP contribution in [-0.4, -0.2) is 23.0 Å². The molecule has 0 aliphatic rings. The second-order valence-corrected chi connectivity index (χ2v) is 6.59. The molecule has 0 saturated carbocycles. The van der Waals surface area contributed by atoms with Crippen LogP contribution in [0.3, 0.4) is 0 Å². The van der Waals surface area contributed by atoms with Crippen LogP contribution in [0.2, 0.25) is 5.02 Å². The standard InChI is InChI=1S/C20H19ClN4OS/c1-26-19-9-7-17(8-10-19)23-20(27)24-22-13-18-6-3-11-25(18)14-15-4-2-5-16(21)12-15/h2-13H,14H2,1H3,(H2,23,24,27)/b22-13+. The van der Waals surface area contributed by atoms with Crippen LogP contribution in [0.4, 0.5) is 5.69 Å². The average molecular weight is 399 g/mol. The van der Waals surface area contributed by atoms with Crippen molar-refractivity contribution in [3.63, 3.8) is 0 Å². The molecule has 0 saturated heterocycles. The summed E-state index contributed by atoms with van der Waals surface area (Å²) in [6, 6.07) is 19.2. The Labute approximate surface area is 168 Å². The maximum atomic E-state index is 6.05. The first kappa shape index (κ1) is 18.9. The summed E-state index contributed by atoms with van der Waals surface area (Å²) < 4.78 is 7.21. The molecule has 0 aliphatic heterocycles. The Morgan fingerprint density at radius 1 is 1.19 bits per heavy atom. The van der Waals surface area contributed by atoms with Gasteiger partial charge in [0.05, 0.1) is 19.0 Å². The third-order valence-electron chi connectivity index (χ3n) is 3.82. The van der Waals surface area contributed by atoms with E-state index in [1.165, 1.54) is 0 Å². The molecule has 1 aromatic heterocycles. The molecule has 0 radical (unpaired) electrons. The number of anilines is 1. The SMILES string of the molecule is COc1ccc(NC(=S)N/N=C/c2cccn2Cc2cccc(Cl)c2)cc1. The van der Waals surface area contributed by atoms with Gasteiger partial charge >= 0.3 is 0 Å². The Morgan fingerprint density at radius 2 is 2.00 bits per heavy atom. The summed E-state index contributed by atoms with van der Waals surface area (Å²) >= 11 is 11.3. The highest BCUT2D eigenvalue weighted by atomic mass is 35.5. The third-order valence-corrected chi connectivity index (χ3v) is 4.25. The summed E-state index contributed by atoms with van der Waals surface area (Å²) in [6.07, 6.45) is 3.72. The zero-order chi connectivity index (χ0) is 19.1. The maximum absolute atomic E-state index is 6.05. The fourth-order valence-electron chi connectivity index (χ4n) is 2.51. The Bertz CT molecular complexity index is 937. The molecular weight excluding hydrogens is 380 g/mol. The predicted octanol–water partition coefficient (Wildman–Crippen LogP) is 4.52. The van der Waals surface area contributed by atoms with Gasteiger partial charge in [0.15, 0.2) is 5.11 Å². The molecular formula is C20H19ClN4OS. The van der Waals surface area contributed by atoms with Gasteiger partial charge in [0.1, 0.15) is 5.75 Å². The van der Waals surface area contributed by atoms with Gasteiger partial charge in [0.25, 0.3) is 0 Å². The summed E-state index contributed by atoms with van der Waals surface area (Å²) in [7, 11) is 1.63. The van der Waals surface area contributed by atoms with Crippen LogP contribution in [0.15, 0.2) is 72.0 Å². The summed E-state index contributed by atoms with van der Waals surface area (Å²) in [5.41, 5.74) is 5.75. The van der Waals surface area contributed by atoms with Crippen LogP contribution in [0.1, 0.15) is 11.3 Å². The van der Waals surface area contributed by atoms with Crippen LogP contribution in [0, 0.1) is 0 Å². The van der Waals surface area contributed by atoms with Crippen LogP contribution in [-0.2, 0) is 6.54 Å². The first-order valence-corrected chi connectivity index (χ1v) is 9.06. The van der Waals surface area contributed by atoms with Crippen molar-refractivity contribution < 1.29 is 4.74 Å². The molecule has 7 heteroatoms. The minimum atomic E-state index is 0.407. The highest BCUT2D eigenvalue weighted by Crippen LogP contribution is 2.15. The predicted molar refractivity (Wildman–Crippen MR) is 115 cm³/mol. The number of aromatic nitrogens is 1. The molecule has 2 N–H and O–H groups in total. The minimum Gasteiger partial charge on any atom is -0.497 e. The second-order valence-electron chi connectivity index (χ2n) is 5.74. The van der Waals surface area contributed by atoms with E-state index in [-0.39, 0.29) is 0 Å². The fourth-order valence-corrected chi connectivity index (χ4v) is 2.89. The van der Waals surface area contributed by atoms with Crippen LogP contribution < -0.4 is 15.5 Å². The number of nitrogens with zero attached hydrogens (tertiary/aromatic N) is 2. The maximum Gasteiger partial charge on any atom is 0.191 e. The number of benzene rings is 2. The lowest BCUT2D eigenvalue weighted by Crippen LogP contribution is -2.24. The van der Waals surface area contributed by atoms with Gasteiger partial charge in [-0.15, -0.1) is 0 Å². The molecule has 0 fully saturated rings. The minimum absolute atomic E-state index is 0.407. The molecule has 27 heavy (non-hydrogen) atoms. The number of hydrazone groups is 1. The van der Waals surface area contributed by atoms with E-state index < -0.39 is 0 Å². The Morgan fingerprint density at radius 3 is 2.74 bits per heavy atom. The van der Waals surface area contributed by atoms with Crippen molar-refractivity contribution in [2.75, 3.05) is 12.4 Å². The van der Waals surface area contributed by atoms with Gasteiger partial charge in [-0.05, 0) is 66.3 Å². The highest BCUT2D eigenvalue weighted by Gasteiger charge is 2.01. The Kier molecular flexibility index (Phi) is 6.46. The van der Waals surface area contributed by atoms with Crippen molar-refractivity contribution in [2.45, 2.75) is 6.54 Å². The fraction of sp³-hybridized carbons (Fsp3) is 0.100. The molecule has 0 unspecified atom stereocenters. The molecule has 0 aliphatic carbocycles. The molecule has 5 nitrogen and oxygen atoms in total. The van der Waals surface area contributed by atoms with Gasteiger partial charge in [-0.3, -0.25) is 5.43 Å². The number of thiocarbonyl (C=S) groups is 1. The number of ether oxygens (including phenoxy) is 1. The molecule has 138 valence electrons. The zero-order valence-electron chi connectivity index (χ0n) is 14.7. The number of hydrogen-bond acceptors (Lipinski definition) is 3. The van der Waals surface area contributed by atoms with Crippen LogP contribution in [0.25, 0.3) is 0 Å². The summed E-state index contributed by atoms with van der Waals surface area (Å²) in [5, 5.41) is 8.41. The number of methoxy groups -OCH3 is 1. The average Bonchev–Trinajstić information content (AvgIpc) is 3.09. The second kappa shape index (κ2) is 9.21. The molecule has 0 spiro atoms. The molecule has 3 aromatic rings. The summed E-state index contributed by atoms with van der Waals surface area (Å²) in [6.45, 7) is 0.712. The van der Waals surface area contributed by atoms with E-state index in [0.717, 1.165) is 27.7 Å². The van der Waals surface area contributed by atoms with E-state index in [4.69, 9.17) is 28.6 Å². The smallest absolute Gasteiger partial charge is 0.191 e. The third kappa shape index (κ3) is 5.57. The monoisotopic (exact) mass is 398 g/mol. The molecule has 3 rings (SSSR count). The topological polar surface area (TPSA) is 50.6 Å². The number of hydrogen-bond donors (Lipinski definition) is 2. The van der Waals surface area contributed by atoms with Crippen LogP contribution in [0.5, 0.6) is 5.75 Å². The van der Waals surface area contributed by atoms with Crippen molar-refractivity contribution in [1.82, 2.24) is 9.99 Å². The van der Waals surface area contributed by atoms with Gasteiger partial charge < -0.3 is 14.6 Å². The van der Waals surface area contributed by atoms with E-state index in [1.807, 2.05) is 66.9 Å². The van der Waals surface area contributed by atoms with Gasteiger partial charge in [-0.2, -0.15) is 5.10 Å². The van der Waals surface area contributed by atoms with Gasteiger partial charge in [-0.1, -0.05) is 23.7 Å².